The van der Waals surface area contributed by atoms with Crippen molar-refractivity contribution in [1.82, 2.24) is 9.97 Å². The first kappa shape index (κ1) is 11.9. The molecule has 0 atom stereocenters. The molecule has 6 N–H and O–H groups in total. The number of hydrogen-bond acceptors (Lipinski definition) is 4. The number of hydrogen-bond donors (Lipinski definition) is 4. The van der Waals surface area contributed by atoms with Gasteiger partial charge in [0.2, 0.25) is 0 Å². The number of nitrogens with zero attached hydrogens (tertiary/aromatic N) is 1. The highest BCUT2D eigenvalue weighted by atomic mass is 14.8. The number of H-pyrrole nitrogens is 1. The summed E-state index contributed by atoms with van der Waals surface area (Å²) in [5.74, 6) is 0. The van der Waals surface area contributed by atoms with Crippen LogP contribution in [0.3, 0.4) is 0 Å². The Morgan fingerprint density at radius 2 is 2.11 bits per heavy atom. The van der Waals surface area contributed by atoms with Crippen LogP contribution in [-0.2, 0) is 0 Å². The van der Waals surface area contributed by atoms with Crippen LogP contribution in [0, 0.1) is 5.41 Å². The first-order chi connectivity index (χ1) is 8.41. The Labute approximate surface area is 104 Å². The number of nitrogens with two attached hydrogens (primary N) is 2. The van der Waals surface area contributed by atoms with Gasteiger partial charge < -0.3 is 16.5 Å². The van der Waals surface area contributed by atoms with Crippen LogP contribution < -0.4 is 27.4 Å². The molecular weight excluding hydrogens is 226 g/mol. The van der Waals surface area contributed by atoms with Crippen molar-refractivity contribution in [1.29, 1.82) is 5.41 Å². The number of pyridine rings is 2. The Morgan fingerprint density at radius 3 is 2.67 bits per heavy atom. The Kier molecular flexibility index (Phi) is 2.67. The van der Waals surface area contributed by atoms with Crippen LogP contribution in [0.5, 0.6) is 0 Å². The van der Waals surface area contributed by atoms with Crippen LogP contribution in [0.15, 0.2) is 18.8 Å². The van der Waals surface area contributed by atoms with Gasteiger partial charge in [-0.2, -0.15) is 0 Å². The molecule has 2 aromatic rings. The van der Waals surface area contributed by atoms with E-state index in [4.69, 9.17) is 16.9 Å². The van der Waals surface area contributed by atoms with Crippen molar-refractivity contribution in [2.24, 2.45) is 11.5 Å². The molecular formula is C13H15N5. The van der Waals surface area contributed by atoms with E-state index >= 15 is 0 Å². The zero-order valence-corrected chi connectivity index (χ0v) is 10.2. The maximum absolute atomic E-state index is 8.11. The lowest BCUT2D eigenvalue weighted by Gasteiger charge is -2.04. The first-order valence-electron chi connectivity index (χ1n) is 5.38. The fourth-order valence-electron chi connectivity index (χ4n) is 1.86. The largest absolute Gasteiger partial charge is 0.402 e. The molecule has 2 heterocycles. The molecule has 0 fully saturated rings. The maximum atomic E-state index is 8.11. The van der Waals surface area contributed by atoms with Gasteiger partial charge >= 0.3 is 0 Å². The number of rotatable bonds is 1. The zero-order valence-electron chi connectivity index (χ0n) is 10.2. The third kappa shape index (κ3) is 1.75. The molecule has 0 bridgehead atoms. The average Bonchev–Trinajstić information content (AvgIpc) is 2.27. The molecule has 0 unspecified atom stereocenters. The molecule has 0 amide bonds. The number of nitrogens with one attached hydrogen (secondary N) is 2. The summed E-state index contributed by atoms with van der Waals surface area (Å²) in [4.78, 5) is 7.31. The highest BCUT2D eigenvalue weighted by Gasteiger charge is 2.03. The summed E-state index contributed by atoms with van der Waals surface area (Å²) in [7, 11) is 0. The second-order valence-corrected chi connectivity index (χ2v) is 4.18. The number of fused-ring (bicyclic) bond motifs is 1. The molecule has 0 aliphatic carbocycles. The Balaban J connectivity index is 3.01. The smallest absolute Gasteiger partial charge is 0.112 e. The van der Waals surface area contributed by atoms with Crippen LogP contribution in [0.4, 0.5) is 0 Å². The van der Waals surface area contributed by atoms with Crippen molar-refractivity contribution in [3.63, 3.8) is 0 Å². The van der Waals surface area contributed by atoms with Crippen LogP contribution in [-0.4, -0.2) is 9.97 Å². The van der Waals surface area contributed by atoms with Gasteiger partial charge in [-0.15, -0.1) is 0 Å². The average molecular weight is 241 g/mol. The van der Waals surface area contributed by atoms with E-state index in [9.17, 15) is 0 Å². The van der Waals surface area contributed by atoms with Crippen molar-refractivity contribution >= 4 is 29.0 Å². The van der Waals surface area contributed by atoms with E-state index in [1.54, 1.807) is 19.2 Å². The molecule has 0 spiro atoms. The number of aromatic nitrogens is 2. The van der Waals surface area contributed by atoms with Crippen LogP contribution in [0.2, 0.25) is 0 Å². The predicted octanol–water partition coefficient (Wildman–Crippen LogP) is -0.531. The van der Waals surface area contributed by atoms with Crippen LogP contribution >= 0.6 is 0 Å². The molecule has 2 aromatic heterocycles. The molecule has 18 heavy (non-hydrogen) atoms. The summed E-state index contributed by atoms with van der Waals surface area (Å²) in [5.41, 5.74) is 14.3. The van der Waals surface area contributed by atoms with Crippen molar-refractivity contribution in [2.45, 2.75) is 6.92 Å². The molecule has 5 nitrogen and oxygen atoms in total. The van der Waals surface area contributed by atoms with Crippen molar-refractivity contribution in [2.75, 3.05) is 0 Å². The minimum atomic E-state index is 0.267. The van der Waals surface area contributed by atoms with Crippen molar-refractivity contribution in [3.05, 3.63) is 40.3 Å². The molecule has 0 aromatic carbocycles. The van der Waals surface area contributed by atoms with Crippen molar-refractivity contribution < 1.29 is 0 Å². The van der Waals surface area contributed by atoms with E-state index in [1.807, 2.05) is 0 Å². The third-order valence-corrected chi connectivity index (χ3v) is 2.73. The van der Waals surface area contributed by atoms with E-state index in [0.29, 0.717) is 33.0 Å². The minimum Gasteiger partial charge on any atom is -0.402 e. The lowest BCUT2D eigenvalue weighted by molar-refractivity contribution is 1.14. The first-order valence-corrected chi connectivity index (χ1v) is 5.38. The highest BCUT2D eigenvalue weighted by molar-refractivity contribution is 5.78. The highest BCUT2D eigenvalue weighted by Crippen LogP contribution is 2.09. The third-order valence-electron chi connectivity index (χ3n) is 2.73. The summed E-state index contributed by atoms with van der Waals surface area (Å²) in [6.07, 6.45) is 1.59. The van der Waals surface area contributed by atoms with Crippen LogP contribution in [0.1, 0.15) is 12.5 Å². The molecule has 0 aliphatic heterocycles. The van der Waals surface area contributed by atoms with Gasteiger partial charge in [-0.25, -0.2) is 0 Å². The summed E-state index contributed by atoms with van der Waals surface area (Å²) >= 11 is 0. The Hall–Kier alpha value is -2.56. The lowest BCUT2D eigenvalue weighted by atomic mass is 10.1. The van der Waals surface area contributed by atoms with E-state index in [0.717, 1.165) is 5.56 Å². The molecule has 0 saturated carbocycles. The predicted molar refractivity (Wildman–Crippen MR) is 73.2 cm³/mol. The van der Waals surface area contributed by atoms with Gasteiger partial charge in [-0.3, -0.25) is 10.4 Å². The standard InChI is InChI=1S/C13H15N5/c1-6(14)9-4-10-13(17-5-9)12(16)11(7(2)15)8(3)18-10/h4-5,16,18H,1,3,14-15H2,2H3/b11-7-,16-12?. The summed E-state index contributed by atoms with van der Waals surface area (Å²) in [6.45, 7) is 9.26. The molecule has 0 saturated heterocycles. The summed E-state index contributed by atoms with van der Waals surface area (Å²) in [5, 5.41) is 9.56. The molecule has 2 rings (SSSR count). The fraction of sp³-hybridized carbons (Fsp3) is 0.0769. The van der Waals surface area contributed by atoms with Gasteiger partial charge in [0.25, 0.3) is 0 Å². The number of aromatic amines is 1. The van der Waals surface area contributed by atoms with Gasteiger partial charge in [0.05, 0.1) is 10.9 Å². The van der Waals surface area contributed by atoms with E-state index in [-0.39, 0.29) is 5.36 Å². The topological polar surface area (TPSA) is 105 Å². The molecule has 5 heteroatoms. The summed E-state index contributed by atoms with van der Waals surface area (Å²) < 4.78 is 0. The molecule has 0 radical (unpaired) electrons. The Morgan fingerprint density at radius 1 is 1.44 bits per heavy atom. The van der Waals surface area contributed by atoms with Gasteiger partial charge in [-0.05, 0) is 13.0 Å². The van der Waals surface area contributed by atoms with Crippen LogP contribution in [0.25, 0.3) is 29.0 Å². The molecule has 92 valence electrons. The van der Waals surface area contributed by atoms with E-state index in [2.05, 4.69) is 23.1 Å². The lowest BCUT2D eigenvalue weighted by Crippen LogP contribution is -2.43. The molecule has 0 aliphatic rings. The summed E-state index contributed by atoms with van der Waals surface area (Å²) in [6, 6.07) is 1.80. The van der Waals surface area contributed by atoms with E-state index < -0.39 is 0 Å². The van der Waals surface area contributed by atoms with Gasteiger partial charge in [0.1, 0.15) is 5.52 Å². The maximum Gasteiger partial charge on any atom is 0.112 e. The van der Waals surface area contributed by atoms with Gasteiger partial charge in [0.15, 0.2) is 0 Å². The van der Waals surface area contributed by atoms with Gasteiger partial charge in [-0.1, -0.05) is 13.2 Å². The zero-order chi connectivity index (χ0) is 13.4. The van der Waals surface area contributed by atoms with Gasteiger partial charge in [0, 0.05) is 33.7 Å². The quantitative estimate of drug-likeness (QED) is 0.539. The minimum absolute atomic E-state index is 0.267. The Bertz CT molecular complexity index is 810. The SMILES string of the molecule is C=C(N)c1cnc2c(=N)/c(=C(/C)N)c(=C)[nH]c2c1. The fourth-order valence-corrected chi connectivity index (χ4v) is 1.86. The van der Waals surface area contributed by atoms with Crippen molar-refractivity contribution in [3.8, 4) is 0 Å². The van der Waals surface area contributed by atoms with E-state index in [1.165, 1.54) is 0 Å². The normalized spacial score (nSPS) is 12.5. The monoisotopic (exact) mass is 241 g/mol. The second kappa shape index (κ2) is 4.03. The second-order valence-electron chi connectivity index (χ2n) is 4.18.